The van der Waals surface area contributed by atoms with E-state index in [1.54, 1.807) is 12.1 Å². The van der Waals surface area contributed by atoms with Crippen molar-refractivity contribution in [3.05, 3.63) is 66.0 Å². The molecule has 1 unspecified atom stereocenters. The molecule has 1 aliphatic rings. The van der Waals surface area contributed by atoms with Gasteiger partial charge in [-0.15, -0.1) is 0 Å². The Balaban J connectivity index is 1.67. The quantitative estimate of drug-likeness (QED) is 0.404. The minimum atomic E-state index is -4.54. The van der Waals surface area contributed by atoms with Crippen LogP contribution in [0.15, 0.2) is 64.6 Å². The van der Waals surface area contributed by atoms with Crippen LogP contribution < -0.4 is 4.90 Å². The summed E-state index contributed by atoms with van der Waals surface area (Å²) >= 11 is 1.11. The predicted octanol–water partition coefficient (Wildman–Crippen LogP) is 6.74. The van der Waals surface area contributed by atoms with Crippen LogP contribution in [0.2, 0.25) is 0 Å². The fourth-order valence-electron chi connectivity index (χ4n) is 4.23. The molecule has 1 fully saturated rings. The molecule has 0 radical (unpaired) electrons. The zero-order valence-electron chi connectivity index (χ0n) is 19.4. The molecule has 3 aromatic rings. The molecule has 1 aliphatic heterocycles. The lowest BCUT2D eigenvalue weighted by Crippen LogP contribution is -2.39. The molecule has 9 heteroatoms. The molecule has 4 rings (SSSR count). The van der Waals surface area contributed by atoms with Crippen molar-refractivity contribution in [3.8, 4) is 11.3 Å². The second-order valence-corrected chi connectivity index (χ2v) is 9.97. The van der Waals surface area contributed by atoms with E-state index in [2.05, 4.69) is 9.97 Å². The first-order chi connectivity index (χ1) is 16.6. The van der Waals surface area contributed by atoms with Crippen LogP contribution in [0.25, 0.3) is 11.3 Å². The van der Waals surface area contributed by atoms with Crippen LogP contribution >= 0.6 is 11.8 Å². The van der Waals surface area contributed by atoms with E-state index < -0.39 is 23.6 Å². The molecule has 0 amide bonds. The molecule has 0 saturated carbocycles. The molecule has 1 N–H and O–H groups in total. The topological polar surface area (TPSA) is 66.3 Å². The number of halogens is 3. The molecule has 5 nitrogen and oxygen atoms in total. The van der Waals surface area contributed by atoms with Gasteiger partial charge >= 0.3 is 12.1 Å². The number of nitrogens with zero attached hydrogens (tertiary/aromatic N) is 3. The highest BCUT2D eigenvalue weighted by atomic mass is 32.2. The summed E-state index contributed by atoms with van der Waals surface area (Å²) in [7, 11) is 0. The van der Waals surface area contributed by atoms with Gasteiger partial charge in [-0.25, -0.2) is 9.97 Å². The summed E-state index contributed by atoms with van der Waals surface area (Å²) in [5, 5.41) is 9.35. The van der Waals surface area contributed by atoms with Crippen molar-refractivity contribution in [2.75, 3.05) is 18.0 Å². The van der Waals surface area contributed by atoms with Crippen LogP contribution in [0.1, 0.15) is 43.7 Å². The standard InChI is InChI=1S/C26H26F3N3O2S/c1-16(2)19-7-3-4-8-22(19)35-23-10-9-17(12-20(23)26(27,28)29)21-13-24(31-15-30-21)32-11-5-6-18(14-32)25(33)34/h3-4,7-10,12-13,15-16,18H,5-6,11,14H2,1-2H3,(H,33,34). The van der Waals surface area contributed by atoms with Crippen molar-refractivity contribution in [2.24, 2.45) is 5.92 Å². The third kappa shape index (κ3) is 5.78. The summed E-state index contributed by atoms with van der Waals surface area (Å²) in [6.07, 6.45) is -1.93. The van der Waals surface area contributed by atoms with Gasteiger partial charge in [0, 0.05) is 34.5 Å². The number of benzene rings is 2. The summed E-state index contributed by atoms with van der Waals surface area (Å²) < 4.78 is 42.3. The minimum absolute atomic E-state index is 0.129. The average molecular weight is 502 g/mol. The first kappa shape index (κ1) is 25.0. The average Bonchev–Trinajstić information content (AvgIpc) is 2.84. The van der Waals surface area contributed by atoms with Gasteiger partial charge in [0.15, 0.2) is 0 Å². The number of hydrogen-bond donors (Lipinski definition) is 1. The molecular weight excluding hydrogens is 475 g/mol. The Morgan fingerprint density at radius 1 is 1.11 bits per heavy atom. The second-order valence-electron chi connectivity index (χ2n) is 8.89. The number of rotatable bonds is 6. The molecule has 2 heterocycles. The molecule has 0 aliphatic carbocycles. The zero-order valence-corrected chi connectivity index (χ0v) is 20.2. The van der Waals surface area contributed by atoms with Crippen LogP contribution in [0.4, 0.5) is 19.0 Å². The normalized spacial score (nSPS) is 16.5. The Morgan fingerprint density at radius 2 is 1.89 bits per heavy atom. The maximum Gasteiger partial charge on any atom is 0.417 e. The van der Waals surface area contributed by atoms with Crippen LogP contribution in [0, 0.1) is 5.92 Å². The third-order valence-electron chi connectivity index (χ3n) is 6.09. The van der Waals surface area contributed by atoms with Crippen molar-refractivity contribution in [2.45, 2.75) is 48.6 Å². The summed E-state index contributed by atoms with van der Waals surface area (Å²) in [5.41, 5.74) is 0.963. The molecule has 1 atom stereocenters. The molecule has 0 bridgehead atoms. The van der Waals surface area contributed by atoms with Crippen molar-refractivity contribution >= 4 is 23.5 Å². The largest absolute Gasteiger partial charge is 0.481 e. The highest BCUT2D eigenvalue weighted by Crippen LogP contribution is 2.43. The van der Waals surface area contributed by atoms with Gasteiger partial charge < -0.3 is 10.0 Å². The fourth-order valence-corrected chi connectivity index (χ4v) is 5.46. The molecular formula is C26H26F3N3O2S. The highest BCUT2D eigenvalue weighted by Gasteiger charge is 2.34. The minimum Gasteiger partial charge on any atom is -0.481 e. The summed E-state index contributed by atoms with van der Waals surface area (Å²) in [5.74, 6) is -0.656. The highest BCUT2D eigenvalue weighted by molar-refractivity contribution is 7.99. The fraction of sp³-hybridized carbons (Fsp3) is 0.346. The maximum absolute atomic E-state index is 14.1. The predicted molar refractivity (Wildman–Crippen MR) is 130 cm³/mol. The van der Waals surface area contributed by atoms with Gasteiger partial charge in [-0.3, -0.25) is 4.79 Å². The van der Waals surface area contributed by atoms with Crippen LogP contribution in [-0.2, 0) is 11.0 Å². The molecule has 0 spiro atoms. The van der Waals surface area contributed by atoms with E-state index in [9.17, 15) is 23.1 Å². The van der Waals surface area contributed by atoms with Gasteiger partial charge in [-0.05, 0) is 42.5 Å². The van der Waals surface area contributed by atoms with E-state index in [1.807, 2.05) is 43.0 Å². The Morgan fingerprint density at radius 3 is 2.60 bits per heavy atom. The van der Waals surface area contributed by atoms with Crippen LogP contribution in [0.3, 0.4) is 0 Å². The lowest BCUT2D eigenvalue weighted by atomic mass is 9.98. The second kappa shape index (κ2) is 10.3. The smallest absolute Gasteiger partial charge is 0.417 e. The van der Waals surface area contributed by atoms with Crippen molar-refractivity contribution in [1.29, 1.82) is 0 Å². The first-order valence-electron chi connectivity index (χ1n) is 11.4. The van der Waals surface area contributed by atoms with Crippen LogP contribution in [0.5, 0.6) is 0 Å². The number of aliphatic carboxylic acids is 1. The van der Waals surface area contributed by atoms with Gasteiger partial charge in [-0.1, -0.05) is 49.9 Å². The van der Waals surface area contributed by atoms with Crippen molar-refractivity contribution in [1.82, 2.24) is 9.97 Å². The number of carboxylic acid groups (broad SMARTS) is 1. The van der Waals surface area contributed by atoms with E-state index in [-0.39, 0.29) is 10.8 Å². The molecule has 184 valence electrons. The Bertz CT molecular complexity index is 1220. The van der Waals surface area contributed by atoms with E-state index in [1.165, 1.54) is 12.4 Å². The summed E-state index contributed by atoms with van der Waals surface area (Å²) in [6, 6.07) is 13.4. The van der Waals surface area contributed by atoms with Gasteiger partial charge in [-0.2, -0.15) is 13.2 Å². The number of carboxylic acids is 1. The molecule has 1 saturated heterocycles. The Hall–Kier alpha value is -3.07. The van der Waals surface area contributed by atoms with Gasteiger partial charge in [0.1, 0.15) is 12.1 Å². The van der Waals surface area contributed by atoms with E-state index >= 15 is 0 Å². The van der Waals surface area contributed by atoms with E-state index in [0.29, 0.717) is 43.0 Å². The molecule has 1 aromatic heterocycles. The van der Waals surface area contributed by atoms with Crippen molar-refractivity contribution in [3.63, 3.8) is 0 Å². The van der Waals surface area contributed by atoms with Gasteiger partial charge in [0.25, 0.3) is 0 Å². The van der Waals surface area contributed by atoms with Crippen LogP contribution in [-0.4, -0.2) is 34.1 Å². The lowest BCUT2D eigenvalue weighted by Gasteiger charge is -2.31. The molecule has 2 aromatic carbocycles. The lowest BCUT2D eigenvalue weighted by molar-refractivity contribution is -0.142. The number of carbonyl (C=O) groups is 1. The summed E-state index contributed by atoms with van der Waals surface area (Å²) in [6.45, 7) is 4.98. The molecule has 35 heavy (non-hydrogen) atoms. The number of piperidine rings is 1. The van der Waals surface area contributed by atoms with Crippen molar-refractivity contribution < 1.29 is 23.1 Å². The maximum atomic E-state index is 14.1. The van der Waals surface area contributed by atoms with E-state index in [0.717, 1.165) is 28.3 Å². The zero-order chi connectivity index (χ0) is 25.2. The van der Waals surface area contributed by atoms with Gasteiger partial charge in [0.05, 0.1) is 17.2 Å². The Labute approximate surface area is 206 Å². The van der Waals surface area contributed by atoms with Gasteiger partial charge in [0.2, 0.25) is 0 Å². The third-order valence-corrected chi connectivity index (χ3v) is 7.26. The summed E-state index contributed by atoms with van der Waals surface area (Å²) in [4.78, 5) is 22.6. The number of aromatic nitrogens is 2. The first-order valence-corrected chi connectivity index (χ1v) is 12.2. The van der Waals surface area contributed by atoms with E-state index in [4.69, 9.17) is 0 Å². The Kier molecular flexibility index (Phi) is 7.35. The number of hydrogen-bond acceptors (Lipinski definition) is 5. The number of anilines is 1. The monoisotopic (exact) mass is 501 g/mol. The number of alkyl halides is 3. The SMILES string of the molecule is CC(C)c1ccccc1Sc1ccc(-c2cc(N3CCCC(C(=O)O)C3)ncn2)cc1C(F)(F)F.